The molecule has 2 heterocycles. The summed E-state index contributed by atoms with van der Waals surface area (Å²) in [5.74, 6) is 3.50. The van der Waals surface area contributed by atoms with Crippen molar-refractivity contribution in [1.29, 1.82) is 0 Å². The lowest BCUT2D eigenvalue weighted by molar-refractivity contribution is -0.123. The number of terminal acetylenes is 1. The number of urea groups is 1. The third kappa shape index (κ3) is 14.0. The molecule has 3 N–H and O–H groups in total. The molecule has 10 nitrogen and oxygen atoms in total. The number of rotatable bonds is 24. The number of ether oxygens (including phenoxy) is 2. The van der Waals surface area contributed by atoms with Gasteiger partial charge in [0.05, 0.1) is 37.5 Å². The summed E-state index contributed by atoms with van der Waals surface area (Å²) in [4.78, 5) is 36.8. The van der Waals surface area contributed by atoms with Crippen molar-refractivity contribution in [3.63, 3.8) is 0 Å². The first-order valence-corrected chi connectivity index (χ1v) is 22.5. The number of ketones is 1. The van der Waals surface area contributed by atoms with Crippen molar-refractivity contribution in [2.75, 3.05) is 45.3 Å². The number of carbonyl (C=O) groups excluding carboxylic acids is 3. The van der Waals surface area contributed by atoms with Crippen LogP contribution in [0.1, 0.15) is 58.8 Å². The molecule has 0 saturated carbocycles. The van der Waals surface area contributed by atoms with Gasteiger partial charge in [-0.1, -0.05) is 105 Å². The van der Waals surface area contributed by atoms with Crippen molar-refractivity contribution in [2.45, 2.75) is 81.7 Å². The molecular weight excluding hydrogens is 842 g/mol. The molecule has 0 unspecified atom stereocenters. The first-order chi connectivity index (χ1) is 25.5. The number of fused-ring (bicyclic) bond motifs is 1. The number of halogens is 2. The average Bonchev–Trinajstić information content (AvgIpc) is 3.72. The van der Waals surface area contributed by atoms with Gasteiger partial charge in [0.25, 0.3) is 0 Å². The second-order valence-corrected chi connectivity index (χ2v) is 19.7. The lowest BCUT2D eigenvalue weighted by Gasteiger charge is -2.39. The van der Waals surface area contributed by atoms with Crippen molar-refractivity contribution < 1.29 is 32.7 Å². The summed E-state index contributed by atoms with van der Waals surface area (Å²) < 4.78 is 26.6. The molecule has 2 fully saturated rings. The highest BCUT2D eigenvalue weighted by molar-refractivity contribution is 9.14. The van der Waals surface area contributed by atoms with E-state index in [0.717, 1.165) is 44.4 Å². The monoisotopic (exact) mass is 891 g/mol. The molecule has 2 aliphatic heterocycles. The Morgan fingerprint density at radius 1 is 0.925 bits per heavy atom. The van der Waals surface area contributed by atoms with E-state index in [1.807, 2.05) is 86.3 Å². The zero-order chi connectivity index (χ0) is 38.1. The van der Waals surface area contributed by atoms with E-state index in [2.05, 4.69) is 53.7 Å². The lowest BCUT2D eigenvalue weighted by Crippen LogP contribution is -2.67. The highest BCUT2D eigenvalue weighted by atomic mass is 79.9. The van der Waals surface area contributed by atoms with E-state index < -0.39 is 14.2 Å². The van der Waals surface area contributed by atoms with Crippen molar-refractivity contribution in [3.05, 3.63) is 69.6 Å². The Bertz CT molecular complexity index is 1520. The molecule has 14 heteroatoms. The molecule has 2 aromatic rings. The minimum absolute atomic E-state index is 0.0678. The minimum atomic E-state index is -3.35. The molecule has 2 saturated heterocycles. The summed E-state index contributed by atoms with van der Waals surface area (Å²) >= 11 is 9.12. The van der Waals surface area contributed by atoms with Crippen LogP contribution in [0.2, 0.25) is 0 Å². The average molecular weight is 894 g/mol. The Morgan fingerprint density at radius 2 is 1.58 bits per heavy atom. The van der Waals surface area contributed by atoms with Crippen LogP contribution in [0.4, 0.5) is 4.79 Å². The molecule has 3 atom stereocenters. The van der Waals surface area contributed by atoms with Gasteiger partial charge in [-0.3, -0.25) is 9.59 Å². The second-order valence-electron chi connectivity index (χ2n) is 13.7. The maximum atomic E-state index is 12.9. The van der Waals surface area contributed by atoms with Gasteiger partial charge in [-0.05, 0) is 43.5 Å². The van der Waals surface area contributed by atoms with E-state index in [4.69, 9.17) is 24.7 Å². The van der Waals surface area contributed by atoms with Crippen LogP contribution in [0.25, 0.3) is 0 Å². The summed E-state index contributed by atoms with van der Waals surface area (Å²) in [7, 11) is -3.35. The van der Waals surface area contributed by atoms with Gasteiger partial charge in [0, 0.05) is 52.4 Å². The Labute approximate surface area is 336 Å². The number of thioether (sulfide) groups is 1. The normalized spacial score (nSPS) is 18.8. The molecule has 0 aliphatic carbocycles. The highest BCUT2D eigenvalue weighted by Gasteiger charge is 2.47. The van der Waals surface area contributed by atoms with Crippen molar-refractivity contribution in [2.24, 2.45) is 0 Å². The summed E-state index contributed by atoms with van der Waals surface area (Å²) in [6.45, 7) is 5.55. The molecule has 53 heavy (non-hydrogen) atoms. The van der Waals surface area contributed by atoms with Gasteiger partial charge >= 0.3 is 14.6 Å². The van der Waals surface area contributed by atoms with Crippen LogP contribution in [-0.2, 0) is 27.9 Å². The summed E-state index contributed by atoms with van der Waals surface area (Å²) in [5, 5.41) is 11.3. The largest absolute Gasteiger partial charge is 0.407 e. The van der Waals surface area contributed by atoms with Gasteiger partial charge in [0.1, 0.15) is 12.4 Å². The van der Waals surface area contributed by atoms with Crippen LogP contribution in [0.15, 0.2) is 69.6 Å². The van der Waals surface area contributed by atoms with Gasteiger partial charge in [-0.15, -0.1) is 6.42 Å². The van der Waals surface area contributed by atoms with E-state index in [1.165, 1.54) is 0 Å². The van der Waals surface area contributed by atoms with Crippen molar-refractivity contribution in [1.82, 2.24) is 16.0 Å². The number of amides is 3. The quantitative estimate of drug-likeness (QED) is 0.0562. The highest BCUT2D eigenvalue weighted by Crippen LogP contribution is 2.33. The number of hydrogen-bond donors (Lipinski definition) is 3. The van der Waals surface area contributed by atoms with Gasteiger partial charge < -0.3 is 34.3 Å². The first kappa shape index (κ1) is 43.2. The molecule has 0 spiro atoms. The molecule has 288 valence electrons. The molecule has 0 bridgehead atoms. The third-order valence-corrected chi connectivity index (χ3v) is 15.9. The fourth-order valence-corrected chi connectivity index (χ4v) is 11.9. The Hall–Kier alpha value is -2.48. The van der Waals surface area contributed by atoms with E-state index in [1.54, 1.807) is 0 Å². The maximum absolute atomic E-state index is 12.9. The predicted octanol–water partition coefficient (Wildman–Crippen LogP) is 5.30. The Balaban J connectivity index is 1.20. The molecule has 0 radical (unpaired) electrons. The van der Waals surface area contributed by atoms with Crippen LogP contribution >= 0.6 is 43.6 Å². The molecular formula is C39H51Br2N3O7SSi. The van der Waals surface area contributed by atoms with Crippen LogP contribution in [-0.4, -0.2) is 94.5 Å². The molecule has 0 aromatic heterocycles. The fraction of sp³-hybridized carbons (Fsp3) is 0.513. The van der Waals surface area contributed by atoms with Crippen LogP contribution in [0.5, 0.6) is 0 Å². The Kier molecular flexibility index (Phi) is 18.1. The predicted molar refractivity (Wildman–Crippen MR) is 220 cm³/mol. The second kappa shape index (κ2) is 22.2. The first-order valence-electron chi connectivity index (χ1n) is 18.1. The number of Topliss-reactive ketones (excluding diaryl/α,β-unsaturated/α-hetero) is 1. The summed E-state index contributed by atoms with van der Waals surface area (Å²) in [6, 6.07) is 20.2. The maximum Gasteiger partial charge on any atom is 0.407 e. The fourth-order valence-electron chi connectivity index (χ4n) is 6.22. The Morgan fingerprint density at radius 3 is 2.26 bits per heavy atom. The summed E-state index contributed by atoms with van der Waals surface area (Å²) in [6.07, 6.45) is 10.0. The zero-order valence-corrected chi connectivity index (χ0v) is 35.5. The minimum Gasteiger partial charge on any atom is -0.383 e. The zero-order valence-electron chi connectivity index (χ0n) is 30.5. The van der Waals surface area contributed by atoms with E-state index >= 15 is 0 Å². The lowest BCUT2D eigenvalue weighted by atomic mass is 10.0. The molecule has 2 aromatic carbocycles. The van der Waals surface area contributed by atoms with Crippen LogP contribution < -0.4 is 26.3 Å². The topological polar surface area (TPSA) is 124 Å². The molecule has 4 rings (SSSR count). The van der Waals surface area contributed by atoms with Crippen molar-refractivity contribution in [3.8, 4) is 12.3 Å². The molecule has 2 aliphatic rings. The van der Waals surface area contributed by atoms with Gasteiger partial charge in [-0.2, -0.15) is 11.8 Å². The van der Waals surface area contributed by atoms with Gasteiger partial charge in [0.2, 0.25) is 5.91 Å². The number of hydrogen-bond acceptors (Lipinski definition) is 8. The van der Waals surface area contributed by atoms with E-state index in [9.17, 15) is 14.4 Å². The standard InChI is InChI=1S/C39H51Br2N3O7SSi/c1-4-22-49-25-32(40)33(41)26-50-53(30-16-7-5-8-17-30,31-18-9-6-10-19-31)51-39(2,3)28-42-36(46)21-24-48-23-13-15-29(45)14-11-12-20-35-37-34(27-52-35)43-38(47)44-37/h1,5-10,16-19,34-35,37H,11-15,20-28H2,2-3H3,(H,42,46)(H2,43,44,47)/b33-32+/t34-,35-,37-/m0/s1. The van der Waals surface area contributed by atoms with Crippen LogP contribution in [0.3, 0.4) is 0 Å². The summed E-state index contributed by atoms with van der Waals surface area (Å²) in [5.41, 5.74) is -0.805. The van der Waals surface area contributed by atoms with E-state index in [-0.39, 0.29) is 62.6 Å². The smallest absolute Gasteiger partial charge is 0.383 e. The number of benzene rings is 2. The number of carbonyl (C=O) groups is 3. The SMILES string of the molecule is C#CCOC/C(Br)=C(\Br)CO[Si](OC(C)(C)CNC(=O)CCOCCCC(=O)CCCC[C@@H]1SC[C@@H]2NC(=O)N[C@@H]21)(c1ccccc1)c1ccccc1. The number of unbranched alkanes of at least 4 members (excludes halogenated alkanes) is 1. The van der Waals surface area contributed by atoms with Gasteiger partial charge in [-0.25, -0.2) is 4.79 Å². The molecule has 3 amide bonds. The van der Waals surface area contributed by atoms with Crippen LogP contribution in [0, 0.1) is 12.3 Å². The van der Waals surface area contributed by atoms with Gasteiger partial charge in [0.15, 0.2) is 0 Å². The third-order valence-electron chi connectivity index (χ3n) is 8.90. The number of nitrogens with one attached hydrogen (secondary N) is 3. The van der Waals surface area contributed by atoms with Crippen molar-refractivity contribution >= 4 is 80.3 Å². The van der Waals surface area contributed by atoms with E-state index in [0.29, 0.717) is 37.7 Å².